The van der Waals surface area contributed by atoms with E-state index in [0.717, 1.165) is 5.56 Å². The molecule has 2 heterocycles. The summed E-state index contributed by atoms with van der Waals surface area (Å²) in [4.78, 5) is 32.0. The first-order valence-corrected chi connectivity index (χ1v) is 8.78. The molecule has 0 bridgehead atoms. The number of hydrogen-bond donors (Lipinski definition) is 1. The van der Waals surface area contributed by atoms with Gasteiger partial charge >= 0.3 is 6.03 Å². The molecule has 2 aliphatic heterocycles. The predicted molar refractivity (Wildman–Crippen MR) is 96.0 cm³/mol. The maximum atomic E-state index is 12.3. The number of fused-ring (bicyclic) bond motifs is 1. The fraction of sp³-hybridized carbons (Fsp3) is 0.312. The summed E-state index contributed by atoms with van der Waals surface area (Å²) in [6.45, 7) is 4.23. The molecule has 0 saturated carbocycles. The summed E-state index contributed by atoms with van der Waals surface area (Å²) in [5, 5.41) is 3.77. The monoisotopic (exact) mass is 364 g/mol. The van der Waals surface area contributed by atoms with E-state index in [2.05, 4.69) is 16.9 Å². The van der Waals surface area contributed by atoms with Crippen LogP contribution in [0.25, 0.3) is 0 Å². The molecule has 1 fully saturated rings. The molecule has 2 unspecified atom stereocenters. The fourth-order valence-corrected chi connectivity index (χ4v) is 4.06. The lowest BCUT2D eigenvalue weighted by atomic mass is 10.1. The summed E-state index contributed by atoms with van der Waals surface area (Å²) in [6.07, 6.45) is 1.21. The van der Waals surface area contributed by atoms with E-state index in [9.17, 15) is 9.59 Å². The predicted octanol–water partition coefficient (Wildman–Crippen LogP) is 2.31. The van der Waals surface area contributed by atoms with E-state index in [1.807, 2.05) is 29.2 Å². The van der Waals surface area contributed by atoms with Gasteiger partial charge in [0.1, 0.15) is 0 Å². The molecule has 0 spiro atoms. The Hall–Kier alpha value is -1.99. The zero-order valence-corrected chi connectivity index (χ0v) is 14.7. The van der Waals surface area contributed by atoms with Gasteiger partial charge in [-0.1, -0.05) is 47.6 Å². The maximum absolute atomic E-state index is 12.3. The Bertz CT molecular complexity index is 724. The number of benzene rings is 1. The number of amides is 3. The molecule has 126 valence electrons. The van der Waals surface area contributed by atoms with Crippen LogP contribution in [0.1, 0.15) is 5.56 Å². The molecule has 3 rings (SSSR count). The Morgan fingerprint density at radius 2 is 2.17 bits per heavy atom. The van der Waals surface area contributed by atoms with E-state index in [-0.39, 0.29) is 5.91 Å². The highest BCUT2D eigenvalue weighted by Crippen LogP contribution is 2.31. The van der Waals surface area contributed by atoms with Crippen molar-refractivity contribution in [2.45, 2.75) is 18.0 Å². The smallest absolute Gasteiger partial charge is 0.325 e. The van der Waals surface area contributed by atoms with Crippen molar-refractivity contribution in [3.05, 3.63) is 47.5 Å². The van der Waals surface area contributed by atoms with Crippen LogP contribution >= 0.6 is 23.4 Å². The van der Waals surface area contributed by atoms with Crippen molar-refractivity contribution >= 4 is 40.5 Å². The first kappa shape index (κ1) is 16.9. The lowest BCUT2D eigenvalue weighted by Crippen LogP contribution is -2.63. The molecule has 3 amide bonds. The summed E-state index contributed by atoms with van der Waals surface area (Å²) >= 11 is 7.69. The van der Waals surface area contributed by atoms with E-state index >= 15 is 0 Å². The number of imide groups is 1. The van der Waals surface area contributed by atoms with Crippen LogP contribution in [0.3, 0.4) is 0 Å². The van der Waals surface area contributed by atoms with Crippen LogP contribution in [0.5, 0.6) is 0 Å². The number of urea groups is 1. The Balaban J connectivity index is 1.82. The minimum atomic E-state index is -0.528. The molecule has 0 aliphatic carbocycles. The average Bonchev–Trinajstić information content (AvgIpc) is 2.92. The van der Waals surface area contributed by atoms with Crippen LogP contribution in [-0.4, -0.2) is 52.7 Å². The van der Waals surface area contributed by atoms with Gasteiger partial charge in [-0.05, 0) is 11.6 Å². The molecule has 1 saturated heterocycles. The Morgan fingerprint density at radius 1 is 1.42 bits per heavy atom. The van der Waals surface area contributed by atoms with Crippen molar-refractivity contribution < 1.29 is 9.59 Å². The van der Waals surface area contributed by atoms with Crippen LogP contribution in [-0.2, 0) is 10.5 Å². The van der Waals surface area contributed by atoms with Gasteiger partial charge in [0.05, 0.1) is 0 Å². The molecular formula is C16H17ClN4O2S. The Labute approximate surface area is 149 Å². The van der Waals surface area contributed by atoms with Crippen molar-refractivity contribution in [1.82, 2.24) is 15.1 Å². The lowest BCUT2D eigenvalue weighted by Gasteiger charge is -2.35. The number of hydrogen-bond acceptors (Lipinski definition) is 5. The highest BCUT2D eigenvalue weighted by molar-refractivity contribution is 8.13. The molecule has 2 aliphatic rings. The van der Waals surface area contributed by atoms with Crippen molar-refractivity contribution in [1.29, 1.82) is 0 Å². The van der Waals surface area contributed by atoms with E-state index < -0.39 is 18.2 Å². The summed E-state index contributed by atoms with van der Waals surface area (Å²) in [5.74, 6) is 0.298. The molecule has 1 N–H and O–H groups in total. The third-order valence-electron chi connectivity index (χ3n) is 3.96. The second-order valence-electron chi connectivity index (χ2n) is 5.50. The van der Waals surface area contributed by atoms with Crippen molar-refractivity contribution in [3.63, 3.8) is 0 Å². The number of rotatable bonds is 4. The molecule has 8 heteroatoms. The molecule has 24 heavy (non-hydrogen) atoms. The molecule has 1 aromatic rings. The third kappa shape index (κ3) is 3.01. The standard InChI is InChI=1S/C16H17ClN4O2S/c1-3-8-21-12-13(20(2)15(23)19-14(12)22)18-16(21)24-9-10-6-4-5-7-11(10)17/h3-7,12-13H,1,8-9H2,2H3,(H,19,22,23). The van der Waals surface area contributed by atoms with Crippen molar-refractivity contribution in [3.8, 4) is 0 Å². The van der Waals surface area contributed by atoms with E-state index in [1.165, 1.54) is 16.7 Å². The Kier molecular flexibility index (Phi) is 4.82. The minimum absolute atomic E-state index is 0.331. The van der Waals surface area contributed by atoms with Gasteiger partial charge in [-0.2, -0.15) is 0 Å². The van der Waals surface area contributed by atoms with Crippen LogP contribution in [0.2, 0.25) is 5.02 Å². The zero-order chi connectivity index (χ0) is 17.3. The van der Waals surface area contributed by atoms with Gasteiger partial charge in [-0.15, -0.1) is 6.58 Å². The number of likely N-dealkylation sites (N-methyl/N-ethyl adjacent to an activating group) is 1. The third-order valence-corrected chi connectivity index (χ3v) is 5.39. The first-order valence-electron chi connectivity index (χ1n) is 7.42. The summed E-state index contributed by atoms with van der Waals surface area (Å²) < 4.78 is 0. The zero-order valence-electron chi connectivity index (χ0n) is 13.1. The molecule has 0 radical (unpaired) electrons. The number of halogens is 1. The van der Waals surface area contributed by atoms with Gasteiger partial charge in [-0.25, -0.2) is 9.79 Å². The molecule has 1 aromatic carbocycles. The summed E-state index contributed by atoms with van der Waals surface area (Å²) in [5.41, 5.74) is 0.995. The second kappa shape index (κ2) is 6.86. The van der Waals surface area contributed by atoms with Gasteiger partial charge in [-0.3, -0.25) is 10.1 Å². The Morgan fingerprint density at radius 3 is 2.88 bits per heavy atom. The quantitative estimate of drug-likeness (QED) is 0.833. The minimum Gasteiger partial charge on any atom is -0.332 e. The van der Waals surface area contributed by atoms with Crippen LogP contribution in [0.15, 0.2) is 41.9 Å². The number of nitrogens with zero attached hydrogens (tertiary/aromatic N) is 3. The first-order chi connectivity index (χ1) is 11.5. The molecule has 0 aromatic heterocycles. The fourth-order valence-electron chi connectivity index (χ4n) is 2.71. The number of thioether (sulfide) groups is 1. The van der Waals surface area contributed by atoms with Crippen LogP contribution in [0.4, 0.5) is 4.79 Å². The SMILES string of the molecule is C=CCN1C(SCc2ccccc2Cl)=NC2C1C(=O)NC(=O)N2C. The van der Waals surface area contributed by atoms with Crippen LogP contribution < -0.4 is 5.32 Å². The largest absolute Gasteiger partial charge is 0.332 e. The molecular weight excluding hydrogens is 348 g/mol. The van der Waals surface area contributed by atoms with Gasteiger partial charge in [0.2, 0.25) is 0 Å². The summed E-state index contributed by atoms with van der Waals surface area (Å²) in [7, 11) is 1.64. The maximum Gasteiger partial charge on any atom is 0.325 e. The van der Waals surface area contributed by atoms with Gasteiger partial charge in [0.25, 0.3) is 5.91 Å². The van der Waals surface area contributed by atoms with Gasteiger partial charge in [0.15, 0.2) is 17.4 Å². The van der Waals surface area contributed by atoms with E-state index in [0.29, 0.717) is 22.5 Å². The normalized spacial score (nSPS) is 23.0. The number of carbonyl (C=O) groups excluding carboxylic acids is 2. The van der Waals surface area contributed by atoms with Crippen molar-refractivity contribution in [2.75, 3.05) is 13.6 Å². The second-order valence-corrected chi connectivity index (χ2v) is 6.85. The van der Waals surface area contributed by atoms with E-state index in [4.69, 9.17) is 11.6 Å². The average molecular weight is 365 g/mol. The van der Waals surface area contributed by atoms with Crippen LogP contribution in [0, 0.1) is 0 Å². The highest BCUT2D eigenvalue weighted by atomic mass is 35.5. The van der Waals surface area contributed by atoms with Crippen molar-refractivity contribution in [2.24, 2.45) is 4.99 Å². The number of carbonyl (C=O) groups is 2. The topological polar surface area (TPSA) is 65.0 Å². The summed E-state index contributed by atoms with van der Waals surface area (Å²) in [6, 6.07) is 6.65. The molecule has 6 nitrogen and oxygen atoms in total. The van der Waals surface area contributed by atoms with Gasteiger partial charge in [0, 0.05) is 24.4 Å². The van der Waals surface area contributed by atoms with Gasteiger partial charge < -0.3 is 9.80 Å². The van der Waals surface area contributed by atoms with E-state index in [1.54, 1.807) is 13.1 Å². The number of nitrogens with one attached hydrogen (secondary N) is 1. The lowest BCUT2D eigenvalue weighted by molar-refractivity contribution is -0.126. The highest BCUT2D eigenvalue weighted by Gasteiger charge is 2.48. The number of aliphatic imine (C=N–C) groups is 1. The number of amidine groups is 1. The molecule has 2 atom stereocenters.